The summed E-state index contributed by atoms with van der Waals surface area (Å²) in [5.74, 6) is -16.5. The summed E-state index contributed by atoms with van der Waals surface area (Å²) in [4.78, 5) is 27.1. The maximum Gasteiger partial charge on any atom is 0.238 e. The van der Waals surface area contributed by atoms with Gasteiger partial charge in [0.25, 0.3) is 0 Å². The zero-order chi connectivity index (χ0) is 27.0. The fraction of sp³-hybridized carbons (Fsp3) is 0.143. The van der Waals surface area contributed by atoms with Gasteiger partial charge in [0, 0.05) is 20.8 Å². The fourth-order valence-corrected chi connectivity index (χ4v) is 6.37. The first-order chi connectivity index (χ1) is 18.1. The second-order valence-corrected chi connectivity index (χ2v) is 11.1. The number of hydrogen-bond donors (Lipinski definition) is 0. The SMILES string of the molecule is O=C1[C@@H]2[C@@H](C(=O)N1c1c(F)c(F)c(F)c(F)c1F)[C@H]1C=C[C@H]2C1=C(c1ccc(Br)cc1)c1ccc(Br)cc1. The highest BCUT2D eigenvalue weighted by atomic mass is 79.9. The van der Waals surface area contributed by atoms with Crippen molar-refractivity contribution in [2.24, 2.45) is 23.7 Å². The Hall–Kier alpha value is -3.11. The zero-order valence-electron chi connectivity index (χ0n) is 19.0. The molecule has 6 rings (SSSR count). The molecule has 38 heavy (non-hydrogen) atoms. The Morgan fingerprint density at radius 3 is 1.37 bits per heavy atom. The van der Waals surface area contributed by atoms with Gasteiger partial charge in [0.1, 0.15) is 5.69 Å². The van der Waals surface area contributed by atoms with E-state index in [-0.39, 0.29) is 4.90 Å². The van der Waals surface area contributed by atoms with Crippen molar-refractivity contribution < 1.29 is 31.5 Å². The van der Waals surface area contributed by atoms with Gasteiger partial charge in [0.05, 0.1) is 11.8 Å². The molecule has 1 aliphatic heterocycles. The van der Waals surface area contributed by atoms with Crippen LogP contribution in [0.15, 0.2) is 75.2 Å². The van der Waals surface area contributed by atoms with Crippen molar-refractivity contribution in [1.82, 2.24) is 0 Å². The number of hydrogen-bond acceptors (Lipinski definition) is 2. The van der Waals surface area contributed by atoms with Crippen LogP contribution >= 0.6 is 31.9 Å². The van der Waals surface area contributed by atoms with Gasteiger partial charge in [0.2, 0.25) is 17.6 Å². The van der Waals surface area contributed by atoms with Gasteiger partial charge in [-0.3, -0.25) is 9.59 Å². The van der Waals surface area contributed by atoms with Gasteiger partial charge in [-0.05, 0) is 46.5 Å². The summed E-state index contributed by atoms with van der Waals surface area (Å²) in [5, 5.41) is 0. The number of nitrogens with zero attached hydrogens (tertiary/aromatic N) is 1. The number of rotatable bonds is 3. The second kappa shape index (κ2) is 8.98. The van der Waals surface area contributed by atoms with Gasteiger partial charge in [-0.15, -0.1) is 0 Å². The first kappa shape index (κ1) is 25.2. The molecule has 3 nitrogen and oxygen atoms in total. The Bertz CT molecular complexity index is 1490. The van der Waals surface area contributed by atoms with Crippen LogP contribution < -0.4 is 4.90 Å². The van der Waals surface area contributed by atoms with Gasteiger partial charge in [-0.1, -0.05) is 68.3 Å². The van der Waals surface area contributed by atoms with Crippen molar-refractivity contribution in [3.05, 3.63) is 115 Å². The van der Waals surface area contributed by atoms with Crippen molar-refractivity contribution in [3.63, 3.8) is 0 Å². The van der Waals surface area contributed by atoms with E-state index in [0.717, 1.165) is 31.2 Å². The summed E-state index contributed by atoms with van der Waals surface area (Å²) in [6.07, 6.45) is 3.54. The van der Waals surface area contributed by atoms with E-state index in [1.54, 1.807) is 12.2 Å². The predicted molar refractivity (Wildman–Crippen MR) is 136 cm³/mol. The monoisotopic (exact) mass is 649 g/mol. The van der Waals surface area contributed by atoms with Crippen LogP contribution in [0, 0.1) is 52.8 Å². The summed E-state index contributed by atoms with van der Waals surface area (Å²) in [6.45, 7) is 0. The molecule has 3 aromatic rings. The first-order valence-electron chi connectivity index (χ1n) is 11.4. The molecule has 2 bridgehead atoms. The van der Waals surface area contributed by atoms with Crippen LogP contribution in [-0.2, 0) is 9.59 Å². The normalized spacial score (nSPS) is 23.6. The molecule has 1 saturated heterocycles. The minimum absolute atomic E-state index is 0.133. The number of fused-ring (bicyclic) bond motifs is 5. The van der Waals surface area contributed by atoms with E-state index in [9.17, 15) is 31.5 Å². The maximum absolute atomic E-state index is 14.6. The average Bonchev–Trinajstić information content (AvgIpc) is 3.54. The zero-order valence-corrected chi connectivity index (χ0v) is 22.2. The van der Waals surface area contributed by atoms with Gasteiger partial charge in [0.15, 0.2) is 23.3 Å². The molecule has 2 aliphatic carbocycles. The van der Waals surface area contributed by atoms with Crippen molar-refractivity contribution in [1.29, 1.82) is 0 Å². The smallest absolute Gasteiger partial charge is 0.238 e. The molecule has 0 unspecified atom stereocenters. The van der Waals surface area contributed by atoms with Crippen molar-refractivity contribution >= 4 is 54.9 Å². The largest absolute Gasteiger partial charge is 0.274 e. The van der Waals surface area contributed by atoms with Crippen LogP contribution in [0.3, 0.4) is 0 Å². The molecule has 2 amide bonds. The summed E-state index contributed by atoms with van der Waals surface area (Å²) >= 11 is 6.85. The molecule has 0 aromatic heterocycles. The summed E-state index contributed by atoms with van der Waals surface area (Å²) in [5.41, 5.74) is 1.74. The lowest BCUT2D eigenvalue weighted by Crippen LogP contribution is -2.35. The van der Waals surface area contributed by atoms with Crippen LogP contribution in [0.25, 0.3) is 5.57 Å². The lowest BCUT2D eigenvalue weighted by molar-refractivity contribution is -0.123. The molecule has 2 fully saturated rings. The number of benzene rings is 3. The molecule has 0 radical (unpaired) electrons. The van der Waals surface area contributed by atoms with E-state index in [0.29, 0.717) is 0 Å². The van der Waals surface area contributed by atoms with E-state index in [1.807, 2.05) is 48.5 Å². The van der Waals surface area contributed by atoms with Crippen LogP contribution in [0.1, 0.15) is 11.1 Å². The fourth-order valence-electron chi connectivity index (χ4n) is 5.84. The van der Waals surface area contributed by atoms with E-state index >= 15 is 0 Å². The number of allylic oxidation sites excluding steroid dienone is 3. The Morgan fingerprint density at radius 1 is 0.605 bits per heavy atom. The quantitative estimate of drug-likeness (QED) is 0.0979. The Balaban J connectivity index is 1.50. The molecule has 10 heteroatoms. The van der Waals surface area contributed by atoms with Crippen LogP contribution in [0.5, 0.6) is 0 Å². The molecule has 192 valence electrons. The minimum Gasteiger partial charge on any atom is -0.274 e. The average molecular weight is 651 g/mol. The Labute approximate surface area is 229 Å². The van der Waals surface area contributed by atoms with Gasteiger partial charge < -0.3 is 0 Å². The van der Waals surface area contributed by atoms with E-state index < -0.39 is 70.3 Å². The van der Waals surface area contributed by atoms with E-state index in [2.05, 4.69) is 31.9 Å². The molecular formula is C28H14Br2F5NO2. The molecule has 0 N–H and O–H groups in total. The lowest BCUT2D eigenvalue weighted by atomic mass is 9.85. The van der Waals surface area contributed by atoms with Gasteiger partial charge >= 0.3 is 0 Å². The molecule has 0 spiro atoms. The number of halogens is 7. The highest BCUT2D eigenvalue weighted by molar-refractivity contribution is 9.10. The lowest BCUT2D eigenvalue weighted by Gasteiger charge is -2.22. The molecule has 1 saturated carbocycles. The second-order valence-electron chi connectivity index (χ2n) is 9.26. The molecule has 3 aliphatic rings. The molecular weight excluding hydrogens is 637 g/mol. The Kier molecular flexibility index (Phi) is 5.95. The number of carbonyl (C=O) groups is 2. The third-order valence-electron chi connectivity index (χ3n) is 7.38. The Morgan fingerprint density at radius 2 is 0.974 bits per heavy atom. The van der Waals surface area contributed by atoms with Crippen LogP contribution in [-0.4, -0.2) is 11.8 Å². The van der Waals surface area contributed by atoms with Gasteiger partial charge in [-0.2, -0.15) is 0 Å². The molecule has 3 aromatic carbocycles. The van der Waals surface area contributed by atoms with E-state index in [1.165, 1.54) is 0 Å². The standard InChI is InChI=1S/C28H14Br2F5NO2/c29-13-5-1-11(2-6-13)17(12-3-7-14(30)8-4-12)18-15-9-10-16(18)20-19(15)27(37)36(28(20)38)26-24(34)22(32)21(31)23(33)25(26)35/h1-10,15-16,19-20H/t15-,16-,19-,20-/m0/s1. The minimum atomic E-state index is -2.36. The first-order valence-corrected chi connectivity index (χ1v) is 13.0. The number of carbonyl (C=O) groups excluding carboxylic acids is 2. The number of imide groups is 1. The number of amides is 2. The van der Waals surface area contributed by atoms with Crippen molar-refractivity contribution in [2.45, 2.75) is 0 Å². The van der Waals surface area contributed by atoms with E-state index in [4.69, 9.17) is 0 Å². The third kappa shape index (κ3) is 3.49. The maximum atomic E-state index is 14.6. The molecule has 1 heterocycles. The topological polar surface area (TPSA) is 37.4 Å². The predicted octanol–water partition coefficient (Wildman–Crippen LogP) is 7.33. The molecule has 4 atom stereocenters. The van der Waals surface area contributed by atoms with Crippen molar-refractivity contribution in [3.8, 4) is 0 Å². The highest BCUT2D eigenvalue weighted by Crippen LogP contribution is 2.59. The summed E-state index contributed by atoms with van der Waals surface area (Å²) in [6, 6.07) is 15.0. The van der Waals surface area contributed by atoms with Crippen LogP contribution in [0.4, 0.5) is 27.6 Å². The summed E-state index contributed by atoms with van der Waals surface area (Å²) in [7, 11) is 0. The summed E-state index contributed by atoms with van der Waals surface area (Å²) < 4.78 is 72.4. The third-order valence-corrected chi connectivity index (χ3v) is 8.44. The highest BCUT2D eigenvalue weighted by Gasteiger charge is 2.63. The van der Waals surface area contributed by atoms with Gasteiger partial charge in [-0.25, -0.2) is 26.9 Å². The number of anilines is 1. The van der Waals surface area contributed by atoms with Crippen LogP contribution in [0.2, 0.25) is 0 Å². The van der Waals surface area contributed by atoms with Crippen molar-refractivity contribution in [2.75, 3.05) is 4.90 Å².